The fourth-order valence-corrected chi connectivity index (χ4v) is 2.82. The Kier molecular flexibility index (Phi) is 4.38. The molecule has 2 aromatic heterocycles. The Morgan fingerprint density at radius 1 is 1.27 bits per heavy atom. The van der Waals surface area contributed by atoms with Crippen molar-refractivity contribution in [3.05, 3.63) is 47.0 Å². The molecule has 2 heterocycles. The van der Waals surface area contributed by atoms with Crippen molar-refractivity contribution in [1.29, 1.82) is 0 Å². The minimum atomic E-state index is -0.252. The molecule has 0 unspecified atom stereocenters. The molecule has 22 heavy (non-hydrogen) atoms. The van der Waals surface area contributed by atoms with Crippen molar-refractivity contribution in [2.75, 3.05) is 6.54 Å². The molecule has 0 fully saturated rings. The van der Waals surface area contributed by atoms with Crippen molar-refractivity contribution < 1.29 is 9.18 Å². The van der Waals surface area contributed by atoms with Crippen LogP contribution in [0.5, 0.6) is 0 Å². The molecule has 0 aliphatic carbocycles. The molecule has 6 nitrogen and oxygen atoms in total. The number of aryl methyl sites for hydroxylation is 1. The Labute approximate surface area is 130 Å². The topological polar surface area (TPSA) is 72.2 Å². The zero-order chi connectivity index (χ0) is 15.4. The summed E-state index contributed by atoms with van der Waals surface area (Å²) < 4.78 is 14.4. The average Bonchev–Trinajstić information content (AvgIpc) is 3.08. The van der Waals surface area contributed by atoms with E-state index < -0.39 is 0 Å². The number of hydrogen-bond donors (Lipinski definition) is 1. The van der Waals surface area contributed by atoms with E-state index in [9.17, 15) is 9.18 Å². The van der Waals surface area contributed by atoms with E-state index in [0.717, 1.165) is 15.5 Å². The standard InChI is InChI=1S/C14H14FN5OS/c15-11-3-1-10(2-4-11)7-8-16-12(21)5-6-13-19-20-9-17-18-14(20)22-13/h1-4,9H,5-8H2,(H,16,21). The number of halogens is 1. The molecule has 0 atom stereocenters. The number of rotatable bonds is 6. The molecule has 0 saturated heterocycles. The van der Waals surface area contributed by atoms with Crippen molar-refractivity contribution in [2.24, 2.45) is 0 Å². The average molecular weight is 319 g/mol. The van der Waals surface area contributed by atoms with Crippen molar-refractivity contribution >= 4 is 22.2 Å². The van der Waals surface area contributed by atoms with Crippen molar-refractivity contribution in [1.82, 2.24) is 25.1 Å². The highest BCUT2D eigenvalue weighted by atomic mass is 32.1. The minimum absolute atomic E-state index is 0.0203. The van der Waals surface area contributed by atoms with Gasteiger partial charge in [0, 0.05) is 19.4 Å². The van der Waals surface area contributed by atoms with Crippen LogP contribution in [0.2, 0.25) is 0 Å². The number of hydrogen-bond acceptors (Lipinski definition) is 5. The van der Waals surface area contributed by atoms with Gasteiger partial charge in [-0.25, -0.2) is 4.39 Å². The van der Waals surface area contributed by atoms with E-state index in [1.54, 1.807) is 16.6 Å². The summed E-state index contributed by atoms with van der Waals surface area (Å²) in [6.07, 6.45) is 3.19. The van der Waals surface area contributed by atoms with Crippen LogP contribution >= 0.6 is 11.3 Å². The molecule has 0 aliphatic rings. The fraction of sp³-hybridized carbons (Fsp3) is 0.286. The summed E-state index contributed by atoms with van der Waals surface area (Å²) in [4.78, 5) is 12.5. The van der Waals surface area contributed by atoms with Gasteiger partial charge in [0.15, 0.2) is 0 Å². The summed E-state index contributed by atoms with van der Waals surface area (Å²) in [6.45, 7) is 0.537. The van der Waals surface area contributed by atoms with Crippen LogP contribution in [0, 0.1) is 5.82 Å². The first kappa shape index (κ1) is 14.6. The smallest absolute Gasteiger partial charge is 0.234 e. The van der Waals surface area contributed by atoms with Gasteiger partial charge >= 0.3 is 0 Å². The number of benzene rings is 1. The van der Waals surface area contributed by atoms with E-state index in [4.69, 9.17) is 0 Å². The molecular weight excluding hydrogens is 305 g/mol. The zero-order valence-corrected chi connectivity index (χ0v) is 12.5. The van der Waals surface area contributed by atoms with E-state index in [0.29, 0.717) is 25.8 Å². The Balaban J connectivity index is 1.40. The predicted octanol–water partition coefficient (Wildman–Crippen LogP) is 1.62. The lowest BCUT2D eigenvalue weighted by Gasteiger charge is -2.04. The second-order valence-corrected chi connectivity index (χ2v) is 5.82. The molecule has 3 rings (SSSR count). The molecule has 3 aromatic rings. The molecule has 114 valence electrons. The summed E-state index contributed by atoms with van der Waals surface area (Å²) in [6, 6.07) is 6.29. The lowest BCUT2D eigenvalue weighted by Crippen LogP contribution is -2.25. The first-order valence-corrected chi connectivity index (χ1v) is 7.69. The van der Waals surface area contributed by atoms with Gasteiger partial charge in [-0.1, -0.05) is 23.5 Å². The quantitative estimate of drug-likeness (QED) is 0.749. The van der Waals surface area contributed by atoms with Gasteiger partial charge in [-0.2, -0.15) is 9.61 Å². The number of fused-ring (bicyclic) bond motifs is 1. The van der Waals surface area contributed by atoms with Crippen LogP contribution in [0.1, 0.15) is 17.0 Å². The summed E-state index contributed by atoms with van der Waals surface area (Å²) in [7, 11) is 0. The Morgan fingerprint density at radius 2 is 2.09 bits per heavy atom. The maximum absolute atomic E-state index is 12.8. The third-order valence-corrected chi connectivity index (χ3v) is 4.12. The second-order valence-electron chi connectivity index (χ2n) is 4.78. The predicted molar refractivity (Wildman–Crippen MR) is 80.1 cm³/mol. The van der Waals surface area contributed by atoms with E-state index in [2.05, 4.69) is 20.6 Å². The van der Waals surface area contributed by atoms with E-state index in [-0.39, 0.29) is 11.7 Å². The summed E-state index contributed by atoms with van der Waals surface area (Å²) >= 11 is 1.43. The summed E-state index contributed by atoms with van der Waals surface area (Å²) in [5.41, 5.74) is 0.996. The Hall–Kier alpha value is -2.35. The van der Waals surface area contributed by atoms with Gasteiger partial charge in [-0.15, -0.1) is 10.2 Å². The van der Waals surface area contributed by atoms with Crippen LogP contribution in [0.3, 0.4) is 0 Å². The molecule has 1 amide bonds. The van der Waals surface area contributed by atoms with Gasteiger partial charge in [0.1, 0.15) is 17.2 Å². The highest BCUT2D eigenvalue weighted by Gasteiger charge is 2.08. The summed E-state index contributed by atoms with van der Waals surface area (Å²) in [5, 5.41) is 15.6. The SMILES string of the molecule is O=C(CCc1nn2cnnc2s1)NCCc1ccc(F)cc1. The zero-order valence-electron chi connectivity index (χ0n) is 11.7. The normalized spacial score (nSPS) is 11.0. The van der Waals surface area contributed by atoms with Gasteiger partial charge in [0.25, 0.3) is 0 Å². The third kappa shape index (κ3) is 3.64. The molecule has 0 aliphatic heterocycles. The third-order valence-electron chi connectivity index (χ3n) is 3.14. The number of carbonyl (C=O) groups is 1. The van der Waals surface area contributed by atoms with E-state index in [1.165, 1.54) is 29.8 Å². The molecule has 0 saturated carbocycles. The van der Waals surface area contributed by atoms with Crippen LogP contribution < -0.4 is 5.32 Å². The van der Waals surface area contributed by atoms with Gasteiger partial charge in [0.05, 0.1) is 0 Å². The molecule has 1 N–H and O–H groups in total. The fourth-order valence-electron chi connectivity index (χ4n) is 2.01. The Bertz CT molecular complexity index is 738. The summed E-state index contributed by atoms with van der Waals surface area (Å²) in [5.74, 6) is -0.272. The maximum Gasteiger partial charge on any atom is 0.234 e. The largest absolute Gasteiger partial charge is 0.356 e. The van der Waals surface area contributed by atoms with Gasteiger partial charge in [-0.3, -0.25) is 4.79 Å². The monoisotopic (exact) mass is 319 g/mol. The lowest BCUT2D eigenvalue weighted by atomic mass is 10.1. The van der Waals surface area contributed by atoms with E-state index >= 15 is 0 Å². The molecular formula is C14H14FN5OS. The molecule has 0 spiro atoms. The number of amides is 1. The molecule has 8 heteroatoms. The number of aromatic nitrogens is 4. The number of nitrogens with one attached hydrogen (secondary N) is 1. The van der Waals surface area contributed by atoms with Gasteiger partial charge in [-0.05, 0) is 24.1 Å². The van der Waals surface area contributed by atoms with Crippen LogP contribution in [-0.4, -0.2) is 32.3 Å². The number of nitrogens with zero attached hydrogens (tertiary/aromatic N) is 4. The molecule has 0 bridgehead atoms. The first-order chi connectivity index (χ1) is 10.7. The van der Waals surface area contributed by atoms with Gasteiger partial charge in [0.2, 0.25) is 10.9 Å². The maximum atomic E-state index is 12.8. The molecule has 0 radical (unpaired) electrons. The Morgan fingerprint density at radius 3 is 2.86 bits per heavy atom. The lowest BCUT2D eigenvalue weighted by molar-refractivity contribution is -0.121. The first-order valence-electron chi connectivity index (χ1n) is 6.87. The van der Waals surface area contributed by atoms with Crippen LogP contribution in [0.25, 0.3) is 4.96 Å². The van der Waals surface area contributed by atoms with Crippen molar-refractivity contribution in [2.45, 2.75) is 19.3 Å². The van der Waals surface area contributed by atoms with Crippen molar-refractivity contribution in [3.63, 3.8) is 0 Å². The second kappa shape index (κ2) is 6.61. The number of carbonyl (C=O) groups excluding carboxylic acids is 1. The highest BCUT2D eigenvalue weighted by Crippen LogP contribution is 2.13. The minimum Gasteiger partial charge on any atom is -0.356 e. The molecule has 1 aromatic carbocycles. The van der Waals surface area contributed by atoms with Crippen molar-refractivity contribution in [3.8, 4) is 0 Å². The van der Waals surface area contributed by atoms with Crippen LogP contribution in [0.15, 0.2) is 30.6 Å². The van der Waals surface area contributed by atoms with E-state index in [1.807, 2.05) is 0 Å². The highest BCUT2D eigenvalue weighted by molar-refractivity contribution is 7.16. The van der Waals surface area contributed by atoms with Gasteiger partial charge < -0.3 is 5.32 Å². The van der Waals surface area contributed by atoms with Crippen LogP contribution in [0.4, 0.5) is 4.39 Å². The van der Waals surface area contributed by atoms with Crippen LogP contribution in [-0.2, 0) is 17.6 Å².